The Morgan fingerprint density at radius 2 is 1.62 bits per heavy atom. The Morgan fingerprint density at radius 1 is 1.00 bits per heavy atom. The lowest BCUT2D eigenvalue weighted by Gasteiger charge is -2.45. The number of amides is 1. The molecule has 1 spiro atoms. The lowest BCUT2D eigenvalue weighted by molar-refractivity contribution is -0.146. The highest BCUT2D eigenvalue weighted by Gasteiger charge is 2.65. The summed E-state index contributed by atoms with van der Waals surface area (Å²) in [7, 11) is 0. The minimum atomic E-state index is -1.19. The van der Waals surface area contributed by atoms with Gasteiger partial charge in [-0.15, -0.1) is 0 Å². The van der Waals surface area contributed by atoms with Crippen molar-refractivity contribution in [2.24, 2.45) is 29.1 Å². The second-order valence-corrected chi connectivity index (χ2v) is 9.61. The lowest BCUT2D eigenvalue weighted by Crippen LogP contribution is -2.52. The molecule has 3 rings (SSSR count). The van der Waals surface area contributed by atoms with Crippen LogP contribution in [0.25, 0.3) is 0 Å². The van der Waals surface area contributed by atoms with Crippen molar-refractivity contribution in [2.75, 3.05) is 0 Å². The topological polar surface area (TPSA) is 80.3 Å². The number of allylic oxidation sites excluding steroid dienone is 4. The Labute approximate surface area is 173 Å². The zero-order valence-electron chi connectivity index (χ0n) is 18.2. The van der Waals surface area contributed by atoms with Crippen LogP contribution in [0.15, 0.2) is 23.3 Å². The highest BCUT2D eigenvalue weighted by atomic mass is 16.2. The van der Waals surface area contributed by atoms with Crippen molar-refractivity contribution in [1.82, 2.24) is 5.32 Å². The second-order valence-electron chi connectivity index (χ2n) is 9.61. The number of hydrogen-bond donors (Lipinski definition) is 1. The SMILES string of the molecule is CC1=C[C@@H]2/C=C(\C)CCC(=O)C(=O)CCC(=O)[C@]23C(=O)N[C@@H](CC(C)C)[C@@H]3[C@@H]1C. The average Bonchev–Trinajstić information content (AvgIpc) is 2.93. The van der Waals surface area contributed by atoms with Crippen molar-refractivity contribution in [2.45, 2.75) is 72.8 Å². The molecule has 1 N–H and O–H groups in total. The summed E-state index contributed by atoms with van der Waals surface area (Å²) in [5, 5.41) is 3.16. The zero-order valence-corrected chi connectivity index (χ0v) is 18.2. The number of nitrogens with one attached hydrogen (secondary N) is 1. The third-order valence-electron chi connectivity index (χ3n) is 7.16. The van der Waals surface area contributed by atoms with Crippen molar-refractivity contribution in [3.05, 3.63) is 23.3 Å². The molecule has 1 heterocycles. The largest absolute Gasteiger partial charge is 0.352 e. The summed E-state index contributed by atoms with van der Waals surface area (Å²) in [6.07, 6.45) is 5.39. The molecule has 0 radical (unpaired) electrons. The van der Waals surface area contributed by atoms with Gasteiger partial charge in [-0.1, -0.05) is 44.1 Å². The second kappa shape index (κ2) is 8.00. The molecular formula is C24H33NO4. The van der Waals surface area contributed by atoms with E-state index in [-0.39, 0.29) is 54.7 Å². The minimum Gasteiger partial charge on any atom is -0.352 e. The molecule has 0 bridgehead atoms. The smallest absolute Gasteiger partial charge is 0.235 e. The van der Waals surface area contributed by atoms with E-state index in [1.807, 2.05) is 13.0 Å². The predicted octanol–water partition coefficient (Wildman–Crippen LogP) is 3.57. The summed E-state index contributed by atoms with van der Waals surface area (Å²) in [4.78, 5) is 51.5. The maximum atomic E-state index is 13.7. The van der Waals surface area contributed by atoms with Gasteiger partial charge in [0.1, 0.15) is 11.2 Å². The lowest BCUT2D eigenvalue weighted by atomic mass is 9.54. The number of carbonyl (C=O) groups is 4. The molecule has 0 aromatic heterocycles. The summed E-state index contributed by atoms with van der Waals surface area (Å²) in [6.45, 7) is 10.3. The molecule has 5 heteroatoms. The Kier molecular flexibility index (Phi) is 5.98. The Bertz CT molecular complexity index is 806. The summed E-state index contributed by atoms with van der Waals surface area (Å²) in [5.74, 6) is -1.31. The van der Waals surface area contributed by atoms with Crippen molar-refractivity contribution in [1.29, 1.82) is 0 Å². The van der Waals surface area contributed by atoms with Gasteiger partial charge in [0.15, 0.2) is 11.6 Å². The van der Waals surface area contributed by atoms with Gasteiger partial charge in [-0.3, -0.25) is 19.2 Å². The van der Waals surface area contributed by atoms with Gasteiger partial charge in [-0.05, 0) is 38.5 Å². The van der Waals surface area contributed by atoms with Gasteiger partial charge >= 0.3 is 0 Å². The maximum absolute atomic E-state index is 13.7. The first-order valence-electron chi connectivity index (χ1n) is 10.8. The number of Topliss-reactive ketones (excluding diaryl/α,β-unsaturated/α-hetero) is 3. The van der Waals surface area contributed by atoms with Crippen molar-refractivity contribution in [3.63, 3.8) is 0 Å². The Balaban J connectivity index is 2.17. The average molecular weight is 400 g/mol. The maximum Gasteiger partial charge on any atom is 0.235 e. The molecule has 5 atom stereocenters. The molecule has 0 unspecified atom stereocenters. The van der Waals surface area contributed by atoms with Gasteiger partial charge in [0.2, 0.25) is 5.91 Å². The van der Waals surface area contributed by atoms with E-state index in [0.29, 0.717) is 12.3 Å². The van der Waals surface area contributed by atoms with E-state index >= 15 is 0 Å². The highest BCUT2D eigenvalue weighted by Crippen LogP contribution is 2.55. The van der Waals surface area contributed by atoms with Crippen LogP contribution in [0.2, 0.25) is 0 Å². The van der Waals surface area contributed by atoms with E-state index in [0.717, 1.165) is 12.0 Å². The first-order chi connectivity index (χ1) is 13.6. The molecule has 158 valence electrons. The molecule has 1 aliphatic heterocycles. The van der Waals surface area contributed by atoms with Crippen LogP contribution in [-0.2, 0) is 19.2 Å². The molecule has 0 saturated carbocycles. The van der Waals surface area contributed by atoms with Crippen LogP contribution in [0, 0.1) is 29.1 Å². The van der Waals surface area contributed by atoms with Crippen LogP contribution in [0.3, 0.4) is 0 Å². The van der Waals surface area contributed by atoms with E-state index < -0.39 is 17.0 Å². The third kappa shape index (κ3) is 3.64. The fourth-order valence-corrected chi connectivity index (χ4v) is 5.62. The van der Waals surface area contributed by atoms with Crippen LogP contribution < -0.4 is 5.32 Å². The van der Waals surface area contributed by atoms with E-state index in [4.69, 9.17) is 0 Å². The molecule has 1 fully saturated rings. The normalized spacial score (nSPS) is 37.9. The van der Waals surface area contributed by atoms with Gasteiger partial charge in [0.05, 0.1) is 0 Å². The fourth-order valence-electron chi connectivity index (χ4n) is 5.62. The van der Waals surface area contributed by atoms with E-state index in [9.17, 15) is 19.2 Å². The first-order valence-corrected chi connectivity index (χ1v) is 10.8. The molecule has 0 aromatic rings. The molecule has 3 aliphatic rings. The third-order valence-corrected chi connectivity index (χ3v) is 7.16. The summed E-state index contributed by atoms with van der Waals surface area (Å²) in [6, 6.07) is -0.0660. The van der Waals surface area contributed by atoms with Crippen molar-refractivity contribution < 1.29 is 19.2 Å². The highest BCUT2D eigenvalue weighted by molar-refractivity contribution is 6.37. The Hall–Kier alpha value is -2.04. The number of carbonyl (C=O) groups excluding carboxylic acids is 4. The predicted molar refractivity (Wildman–Crippen MR) is 111 cm³/mol. The zero-order chi connectivity index (χ0) is 21.5. The monoisotopic (exact) mass is 399 g/mol. The van der Waals surface area contributed by atoms with E-state index in [2.05, 4.69) is 39.1 Å². The first kappa shape index (κ1) is 21.7. The van der Waals surface area contributed by atoms with Gasteiger partial charge in [-0.25, -0.2) is 0 Å². The number of ketones is 3. The molecule has 29 heavy (non-hydrogen) atoms. The van der Waals surface area contributed by atoms with Crippen LogP contribution in [0.4, 0.5) is 0 Å². The van der Waals surface area contributed by atoms with Gasteiger partial charge in [0, 0.05) is 37.1 Å². The van der Waals surface area contributed by atoms with Crippen LogP contribution in [-0.4, -0.2) is 29.3 Å². The van der Waals surface area contributed by atoms with E-state index in [1.165, 1.54) is 5.57 Å². The standard InChI is InChI=1S/C24H33NO4/c1-13(2)10-18-22-16(5)15(4)12-17-11-14(3)6-7-19(26)20(27)8-9-21(28)24(17,22)23(29)25-18/h11-13,16-18,22H,6-10H2,1-5H3,(H,25,29)/b14-11+/t16-,17+,18+,22+,24-/m1/s1. The summed E-state index contributed by atoms with van der Waals surface area (Å²) < 4.78 is 0. The van der Waals surface area contributed by atoms with Crippen LogP contribution in [0.1, 0.15) is 66.7 Å². The molecular weight excluding hydrogens is 366 g/mol. The van der Waals surface area contributed by atoms with Gasteiger partial charge in [-0.2, -0.15) is 0 Å². The van der Waals surface area contributed by atoms with Crippen LogP contribution in [0.5, 0.6) is 0 Å². The Morgan fingerprint density at radius 3 is 2.24 bits per heavy atom. The summed E-state index contributed by atoms with van der Waals surface area (Å²) in [5.41, 5.74) is 0.954. The van der Waals surface area contributed by atoms with Crippen LogP contribution >= 0.6 is 0 Å². The molecule has 1 saturated heterocycles. The fraction of sp³-hybridized carbons (Fsp3) is 0.667. The number of hydrogen-bond acceptors (Lipinski definition) is 4. The molecule has 5 nitrogen and oxygen atoms in total. The molecule has 2 aliphatic carbocycles. The van der Waals surface area contributed by atoms with E-state index in [1.54, 1.807) is 0 Å². The van der Waals surface area contributed by atoms with Crippen molar-refractivity contribution in [3.8, 4) is 0 Å². The van der Waals surface area contributed by atoms with Crippen molar-refractivity contribution >= 4 is 23.3 Å². The quantitative estimate of drug-likeness (QED) is 0.437. The van der Waals surface area contributed by atoms with Gasteiger partial charge < -0.3 is 5.32 Å². The minimum absolute atomic E-state index is 0.0497. The van der Waals surface area contributed by atoms with Gasteiger partial charge in [0.25, 0.3) is 0 Å². The summed E-state index contributed by atoms with van der Waals surface area (Å²) >= 11 is 0. The molecule has 0 aromatic carbocycles. The molecule has 1 amide bonds. The number of rotatable bonds is 2.